The highest BCUT2D eigenvalue weighted by Gasteiger charge is 2.02. The van der Waals surface area contributed by atoms with Gasteiger partial charge in [-0.1, -0.05) is 0 Å². The van der Waals surface area contributed by atoms with Gasteiger partial charge in [0.1, 0.15) is 5.82 Å². The number of nitrogen functional groups attached to an aromatic ring is 1. The van der Waals surface area contributed by atoms with Crippen LogP contribution in [0, 0.1) is 13.8 Å². The van der Waals surface area contributed by atoms with Crippen molar-refractivity contribution in [1.82, 2.24) is 15.0 Å². The third-order valence-electron chi connectivity index (χ3n) is 1.93. The molecule has 2 N–H and O–H groups in total. The number of hydrogen-bond acceptors (Lipinski definition) is 5. The number of rotatable bonds is 2. The lowest BCUT2D eigenvalue weighted by atomic mass is 10.4. The Labute approximate surface area is 98.3 Å². The van der Waals surface area contributed by atoms with Gasteiger partial charge in [0.15, 0.2) is 5.16 Å². The summed E-state index contributed by atoms with van der Waals surface area (Å²) in [6, 6.07) is 5.63. The maximum absolute atomic E-state index is 5.52. The van der Waals surface area contributed by atoms with Crippen LogP contribution in [-0.2, 0) is 0 Å². The van der Waals surface area contributed by atoms with E-state index in [4.69, 9.17) is 5.73 Å². The lowest BCUT2D eigenvalue weighted by molar-refractivity contribution is 0.902. The molecule has 0 radical (unpaired) electrons. The molecule has 0 saturated heterocycles. The molecule has 0 unspecified atom stereocenters. The first-order chi connectivity index (χ1) is 7.63. The van der Waals surface area contributed by atoms with Crippen LogP contribution in [0.5, 0.6) is 0 Å². The Morgan fingerprint density at radius 3 is 2.38 bits per heavy atom. The average Bonchev–Trinajstić information content (AvgIpc) is 2.20. The topological polar surface area (TPSA) is 64.7 Å². The highest BCUT2D eigenvalue weighted by atomic mass is 32.2. The van der Waals surface area contributed by atoms with E-state index in [1.54, 1.807) is 12.3 Å². The molecule has 4 nitrogen and oxygen atoms in total. The van der Waals surface area contributed by atoms with E-state index in [1.807, 2.05) is 26.0 Å². The molecule has 0 aliphatic carbocycles. The van der Waals surface area contributed by atoms with Crippen molar-refractivity contribution >= 4 is 17.6 Å². The summed E-state index contributed by atoms with van der Waals surface area (Å²) >= 11 is 1.48. The van der Waals surface area contributed by atoms with Gasteiger partial charge in [0, 0.05) is 22.5 Å². The van der Waals surface area contributed by atoms with E-state index in [1.165, 1.54) is 11.8 Å². The van der Waals surface area contributed by atoms with Gasteiger partial charge < -0.3 is 5.73 Å². The molecule has 0 saturated carbocycles. The summed E-state index contributed by atoms with van der Waals surface area (Å²) in [5.41, 5.74) is 7.46. The van der Waals surface area contributed by atoms with Crippen molar-refractivity contribution in [2.24, 2.45) is 0 Å². The minimum Gasteiger partial charge on any atom is -0.384 e. The highest BCUT2D eigenvalue weighted by molar-refractivity contribution is 7.99. The van der Waals surface area contributed by atoms with E-state index in [0.29, 0.717) is 5.82 Å². The highest BCUT2D eigenvalue weighted by Crippen LogP contribution is 2.24. The predicted octanol–water partition coefficient (Wildman–Crippen LogP) is 2.22. The smallest absolute Gasteiger partial charge is 0.192 e. The standard InChI is InChI=1S/C11H12N4S/c1-7-5-8(2)15-11(14-7)16-9-3-4-10(12)13-6-9/h3-6H,1-2H3,(H2,12,13). The second-order valence-corrected chi connectivity index (χ2v) is 4.49. The number of nitrogens with two attached hydrogens (primary N) is 1. The van der Waals surface area contributed by atoms with E-state index >= 15 is 0 Å². The summed E-state index contributed by atoms with van der Waals surface area (Å²) < 4.78 is 0. The van der Waals surface area contributed by atoms with Crippen LogP contribution in [0.4, 0.5) is 5.82 Å². The summed E-state index contributed by atoms with van der Waals surface area (Å²) in [5, 5.41) is 0.740. The fourth-order valence-electron chi connectivity index (χ4n) is 1.30. The zero-order valence-electron chi connectivity index (χ0n) is 9.14. The molecular formula is C11H12N4S. The molecule has 0 spiro atoms. The Morgan fingerprint density at radius 1 is 1.12 bits per heavy atom. The van der Waals surface area contributed by atoms with Crippen LogP contribution in [0.2, 0.25) is 0 Å². The summed E-state index contributed by atoms with van der Waals surface area (Å²) in [7, 11) is 0. The van der Waals surface area contributed by atoms with Crippen molar-refractivity contribution < 1.29 is 0 Å². The Balaban J connectivity index is 2.23. The molecule has 5 heteroatoms. The zero-order chi connectivity index (χ0) is 11.5. The van der Waals surface area contributed by atoms with Crippen LogP contribution >= 0.6 is 11.8 Å². The SMILES string of the molecule is Cc1cc(C)nc(Sc2ccc(N)nc2)n1. The average molecular weight is 232 g/mol. The molecule has 0 atom stereocenters. The fraction of sp³-hybridized carbons (Fsp3) is 0.182. The van der Waals surface area contributed by atoms with Gasteiger partial charge in [-0.05, 0) is 43.8 Å². The lowest BCUT2D eigenvalue weighted by Crippen LogP contribution is -1.93. The Hall–Kier alpha value is -1.62. The van der Waals surface area contributed by atoms with Crippen molar-refractivity contribution in [3.05, 3.63) is 35.8 Å². The van der Waals surface area contributed by atoms with Crippen LogP contribution in [-0.4, -0.2) is 15.0 Å². The first kappa shape index (κ1) is 10.9. The van der Waals surface area contributed by atoms with Gasteiger partial charge in [-0.3, -0.25) is 0 Å². The molecule has 16 heavy (non-hydrogen) atoms. The Morgan fingerprint density at radius 2 is 1.81 bits per heavy atom. The second-order valence-electron chi connectivity index (χ2n) is 3.45. The van der Waals surface area contributed by atoms with Gasteiger partial charge in [-0.15, -0.1) is 0 Å². The van der Waals surface area contributed by atoms with Gasteiger partial charge >= 0.3 is 0 Å². The Kier molecular flexibility index (Phi) is 3.05. The van der Waals surface area contributed by atoms with E-state index in [0.717, 1.165) is 21.4 Å². The summed E-state index contributed by atoms with van der Waals surface area (Å²) in [4.78, 5) is 13.7. The molecule has 2 rings (SSSR count). The third-order valence-corrected chi connectivity index (χ3v) is 2.77. The number of aromatic nitrogens is 3. The number of aryl methyl sites for hydroxylation is 2. The maximum atomic E-state index is 5.52. The molecule has 0 aromatic carbocycles. The van der Waals surface area contributed by atoms with Crippen LogP contribution in [0.1, 0.15) is 11.4 Å². The maximum Gasteiger partial charge on any atom is 0.192 e. The minimum atomic E-state index is 0.519. The lowest BCUT2D eigenvalue weighted by Gasteiger charge is -2.02. The molecule has 0 aliphatic heterocycles. The van der Waals surface area contributed by atoms with Crippen LogP contribution < -0.4 is 5.73 Å². The van der Waals surface area contributed by atoms with Gasteiger partial charge in [-0.2, -0.15) is 0 Å². The first-order valence-electron chi connectivity index (χ1n) is 4.85. The second kappa shape index (κ2) is 4.49. The van der Waals surface area contributed by atoms with Crippen molar-refractivity contribution in [3.8, 4) is 0 Å². The third kappa shape index (κ3) is 2.70. The Bertz CT molecular complexity index is 476. The summed E-state index contributed by atoms with van der Waals surface area (Å²) in [6.45, 7) is 3.92. The predicted molar refractivity (Wildman–Crippen MR) is 64.3 cm³/mol. The molecule has 2 aromatic heterocycles. The normalized spacial score (nSPS) is 10.4. The van der Waals surface area contributed by atoms with Crippen molar-refractivity contribution in [2.75, 3.05) is 5.73 Å². The van der Waals surface area contributed by atoms with Crippen molar-refractivity contribution in [3.63, 3.8) is 0 Å². The van der Waals surface area contributed by atoms with Crippen LogP contribution in [0.25, 0.3) is 0 Å². The largest absolute Gasteiger partial charge is 0.384 e. The van der Waals surface area contributed by atoms with Gasteiger partial charge in [0.2, 0.25) is 0 Å². The molecule has 0 bridgehead atoms. The van der Waals surface area contributed by atoms with Crippen molar-refractivity contribution in [2.45, 2.75) is 23.9 Å². The van der Waals surface area contributed by atoms with Crippen LogP contribution in [0.3, 0.4) is 0 Å². The molecule has 0 fully saturated rings. The number of pyridine rings is 1. The van der Waals surface area contributed by atoms with Crippen molar-refractivity contribution in [1.29, 1.82) is 0 Å². The molecule has 0 aliphatic rings. The number of hydrogen-bond donors (Lipinski definition) is 1. The van der Waals surface area contributed by atoms with E-state index in [-0.39, 0.29) is 0 Å². The molecule has 2 heterocycles. The molecule has 0 amide bonds. The van der Waals surface area contributed by atoms with E-state index < -0.39 is 0 Å². The number of nitrogens with zero attached hydrogens (tertiary/aromatic N) is 3. The quantitative estimate of drug-likeness (QED) is 0.804. The molecular weight excluding hydrogens is 220 g/mol. The first-order valence-corrected chi connectivity index (χ1v) is 5.67. The molecule has 2 aromatic rings. The van der Waals surface area contributed by atoms with E-state index in [2.05, 4.69) is 15.0 Å². The molecule has 82 valence electrons. The zero-order valence-corrected chi connectivity index (χ0v) is 9.95. The van der Waals surface area contributed by atoms with Gasteiger partial charge in [-0.25, -0.2) is 15.0 Å². The monoisotopic (exact) mass is 232 g/mol. The van der Waals surface area contributed by atoms with E-state index in [9.17, 15) is 0 Å². The summed E-state index contributed by atoms with van der Waals surface area (Å²) in [6.07, 6.45) is 1.72. The minimum absolute atomic E-state index is 0.519. The summed E-state index contributed by atoms with van der Waals surface area (Å²) in [5.74, 6) is 0.519. The van der Waals surface area contributed by atoms with Crippen LogP contribution in [0.15, 0.2) is 34.4 Å². The van der Waals surface area contributed by atoms with Gasteiger partial charge in [0.25, 0.3) is 0 Å². The van der Waals surface area contributed by atoms with Gasteiger partial charge in [0.05, 0.1) is 0 Å². The number of anilines is 1. The fourth-order valence-corrected chi connectivity index (χ4v) is 2.13.